The Balaban J connectivity index is 3.06. The fraction of sp³-hybridized carbons (Fsp3) is 0.818. The summed E-state index contributed by atoms with van der Waals surface area (Å²) >= 11 is 1.05. The van der Waals surface area contributed by atoms with Gasteiger partial charge in [0, 0.05) is 5.25 Å². The standard InChI is InChI=1S/C11H20NO6PS/c1-5-8(3)20-19(15,18-6-2)12-9(10(13)16-4)7-17-11(12)14/h8-9H,5-7H2,1-4H3. The summed E-state index contributed by atoms with van der Waals surface area (Å²) in [6.07, 6.45) is -0.0546. The Morgan fingerprint density at radius 2 is 2.25 bits per heavy atom. The van der Waals surface area contributed by atoms with Crippen LogP contribution in [0.25, 0.3) is 0 Å². The Labute approximate surface area is 122 Å². The number of carbonyl (C=O) groups is 2. The van der Waals surface area contributed by atoms with Crippen LogP contribution >= 0.6 is 18.1 Å². The van der Waals surface area contributed by atoms with E-state index in [2.05, 4.69) is 4.74 Å². The highest BCUT2D eigenvalue weighted by atomic mass is 32.7. The second kappa shape index (κ2) is 7.33. The fourth-order valence-electron chi connectivity index (χ4n) is 1.60. The number of nitrogens with zero attached hydrogens (tertiary/aromatic N) is 1. The van der Waals surface area contributed by atoms with Crippen LogP contribution in [-0.4, -0.2) is 48.3 Å². The second-order valence-corrected chi connectivity index (χ2v) is 8.83. The van der Waals surface area contributed by atoms with Crippen molar-refractivity contribution in [2.45, 2.75) is 38.5 Å². The van der Waals surface area contributed by atoms with Gasteiger partial charge in [-0.3, -0.25) is 4.57 Å². The monoisotopic (exact) mass is 325 g/mol. The number of rotatable bonds is 7. The quantitative estimate of drug-likeness (QED) is 0.525. The maximum Gasteiger partial charge on any atom is 0.418 e. The van der Waals surface area contributed by atoms with E-state index in [1.54, 1.807) is 6.92 Å². The first-order valence-corrected chi connectivity index (χ1v) is 9.43. The molecule has 1 heterocycles. The van der Waals surface area contributed by atoms with Crippen molar-refractivity contribution in [2.24, 2.45) is 0 Å². The third kappa shape index (κ3) is 3.68. The summed E-state index contributed by atoms with van der Waals surface area (Å²) in [4.78, 5) is 23.5. The molecule has 7 nitrogen and oxygen atoms in total. The van der Waals surface area contributed by atoms with Crippen LogP contribution in [0.1, 0.15) is 27.2 Å². The Kier molecular flexibility index (Phi) is 6.36. The number of methoxy groups -OCH3 is 1. The van der Waals surface area contributed by atoms with Crippen molar-refractivity contribution >= 4 is 30.2 Å². The number of cyclic esters (lactones) is 1. The van der Waals surface area contributed by atoms with E-state index in [1.165, 1.54) is 7.11 Å². The normalized spacial score (nSPS) is 23.1. The minimum Gasteiger partial charge on any atom is -0.467 e. The molecule has 3 atom stereocenters. The first-order valence-electron chi connectivity index (χ1n) is 6.36. The molecule has 9 heteroatoms. The van der Waals surface area contributed by atoms with E-state index < -0.39 is 24.8 Å². The average molecular weight is 325 g/mol. The van der Waals surface area contributed by atoms with Crippen molar-refractivity contribution in [2.75, 3.05) is 20.3 Å². The van der Waals surface area contributed by atoms with Gasteiger partial charge < -0.3 is 14.0 Å². The lowest BCUT2D eigenvalue weighted by molar-refractivity contribution is -0.144. The van der Waals surface area contributed by atoms with Gasteiger partial charge in [-0.25, -0.2) is 14.3 Å². The molecule has 1 aliphatic heterocycles. The van der Waals surface area contributed by atoms with Gasteiger partial charge >= 0.3 is 18.8 Å². The van der Waals surface area contributed by atoms with Gasteiger partial charge in [-0.1, -0.05) is 13.8 Å². The highest BCUT2D eigenvalue weighted by Crippen LogP contribution is 2.66. The number of esters is 1. The van der Waals surface area contributed by atoms with Crippen molar-refractivity contribution in [3.63, 3.8) is 0 Å². The summed E-state index contributed by atoms with van der Waals surface area (Å²) < 4.78 is 28.7. The molecule has 0 aliphatic carbocycles. The Hall–Kier alpha value is -0.720. The Morgan fingerprint density at radius 3 is 2.75 bits per heavy atom. The van der Waals surface area contributed by atoms with E-state index in [-0.39, 0.29) is 18.5 Å². The largest absolute Gasteiger partial charge is 0.467 e. The van der Waals surface area contributed by atoms with Gasteiger partial charge in [-0.05, 0) is 24.7 Å². The zero-order chi connectivity index (χ0) is 15.3. The number of ether oxygens (including phenoxy) is 2. The molecular weight excluding hydrogens is 305 g/mol. The van der Waals surface area contributed by atoms with E-state index >= 15 is 0 Å². The van der Waals surface area contributed by atoms with Gasteiger partial charge in [0.15, 0.2) is 6.04 Å². The summed E-state index contributed by atoms with van der Waals surface area (Å²) in [7, 11) is 1.21. The van der Waals surface area contributed by atoms with Crippen molar-refractivity contribution < 1.29 is 28.2 Å². The first kappa shape index (κ1) is 17.3. The molecule has 1 fully saturated rings. The van der Waals surface area contributed by atoms with Gasteiger partial charge in [0.05, 0.1) is 13.7 Å². The number of amides is 1. The summed E-state index contributed by atoms with van der Waals surface area (Å²) in [6.45, 7) is 1.94. The van der Waals surface area contributed by atoms with Crippen molar-refractivity contribution in [3.05, 3.63) is 0 Å². The lowest BCUT2D eigenvalue weighted by Crippen LogP contribution is -2.38. The lowest BCUT2D eigenvalue weighted by Gasteiger charge is -2.29. The molecule has 0 saturated carbocycles. The van der Waals surface area contributed by atoms with Crippen LogP contribution in [0.15, 0.2) is 0 Å². The third-order valence-electron chi connectivity index (χ3n) is 2.76. The molecule has 0 bridgehead atoms. The summed E-state index contributed by atoms with van der Waals surface area (Å²) in [5.41, 5.74) is 0. The average Bonchev–Trinajstić information content (AvgIpc) is 2.80. The van der Waals surface area contributed by atoms with Gasteiger partial charge in [-0.2, -0.15) is 0 Å². The SMILES string of the molecule is CCOP(=O)(SC(C)CC)N1C(=O)OCC1C(=O)OC. The minimum atomic E-state index is -3.54. The number of hydrogen-bond donors (Lipinski definition) is 0. The molecule has 116 valence electrons. The Bertz CT molecular complexity index is 418. The molecule has 1 rings (SSSR count). The van der Waals surface area contributed by atoms with E-state index in [4.69, 9.17) is 9.26 Å². The van der Waals surface area contributed by atoms with E-state index in [9.17, 15) is 14.2 Å². The van der Waals surface area contributed by atoms with E-state index in [1.807, 2.05) is 13.8 Å². The van der Waals surface area contributed by atoms with Crippen LogP contribution in [0.2, 0.25) is 0 Å². The van der Waals surface area contributed by atoms with Gasteiger partial charge in [0.2, 0.25) is 0 Å². The van der Waals surface area contributed by atoms with Crippen LogP contribution < -0.4 is 0 Å². The predicted molar refractivity (Wildman–Crippen MR) is 75.6 cm³/mol. The molecule has 0 spiro atoms. The number of carbonyl (C=O) groups excluding carboxylic acids is 2. The van der Waals surface area contributed by atoms with Crippen LogP contribution in [-0.2, 0) is 23.4 Å². The van der Waals surface area contributed by atoms with Crippen molar-refractivity contribution in [3.8, 4) is 0 Å². The molecule has 3 unspecified atom stereocenters. The molecule has 0 radical (unpaired) electrons. The van der Waals surface area contributed by atoms with Crippen LogP contribution in [0.4, 0.5) is 4.79 Å². The maximum absolute atomic E-state index is 13.0. The second-order valence-electron chi connectivity index (χ2n) is 4.17. The molecule has 0 N–H and O–H groups in total. The van der Waals surface area contributed by atoms with Crippen molar-refractivity contribution in [1.29, 1.82) is 0 Å². The zero-order valence-corrected chi connectivity index (χ0v) is 13.7. The predicted octanol–water partition coefficient (Wildman–Crippen LogP) is 2.66. The summed E-state index contributed by atoms with van der Waals surface area (Å²) in [6, 6.07) is -1.03. The molecule has 0 aromatic carbocycles. The van der Waals surface area contributed by atoms with Gasteiger partial charge in [-0.15, -0.1) is 0 Å². The zero-order valence-electron chi connectivity index (χ0n) is 12.0. The fourth-order valence-corrected chi connectivity index (χ4v) is 6.73. The molecule has 20 heavy (non-hydrogen) atoms. The van der Waals surface area contributed by atoms with Gasteiger partial charge in [0.1, 0.15) is 6.61 Å². The van der Waals surface area contributed by atoms with Crippen LogP contribution in [0.5, 0.6) is 0 Å². The minimum absolute atomic E-state index is 0.0130. The van der Waals surface area contributed by atoms with Crippen LogP contribution in [0, 0.1) is 0 Å². The highest BCUT2D eigenvalue weighted by Gasteiger charge is 2.51. The van der Waals surface area contributed by atoms with Crippen LogP contribution in [0.3, 0.4) is 0 Å². The van der Waals surface area contributed by atoms with E-state index in [0.717, 1.165) is 22.5 Å². The Morgan fingerprint density at radius 1 is 1.60 bits per heavy atom. The molecular formula is C11H20NO6PS. The van der Waals surface area contributed by atoms with Crippen molar-refractivity contribution in [1.82, 2.24) is 4.67 Å². The molecule has 0 aromatic heterocycles. The summed E-state index contributed by atoms with van der Waals surface area (Å²) in [5.74, 6) is -0.666. The molecule has 1 amide bonds. The molecule has 1 aliphatic rings. The first-order chi connectivity index (χ1) is 9.39. The third-order valence-corrected chi connectivity index (χ3v) is 8.00. The maximum atomic E-state index is 13.0. The lowest BCUT2D eigenvalue weighted by atomic mass is 10.3. The van der Waals surface area contributed by atoms with Gasteiger partial charge in [0.25, 0.3) is 0 Å². The molecule has 1 saturated heterocycles. The van der Waals surface area contributed by atoms with E-state index in [0.29, 0.717) is 0 Å². The topological polar surface area (TPSA) is 82.1 Å². The highest BCUT2D eigenvalue weighted by molar-refractivity contribution is 8.56. The molecule has 0 aromatic rings. The smallest absolute Gasteiger partial charge is 0.418 e. The summed E-state index contributed by atoms with van der Waals surface area (Å²) in [5, 5.41) is 0.0130. The number of hydrogen-bond acceptors (Lipinski definition) is 7.